The van der Waals surface area contributed by atoms with Gasteiger partial charge >= 0.3 is 0 Å². The molecule has 0 atom stereocenters. The SMILES string of the molecule is O=C(Cc1cc(Cl)c2c(c1)OCCCO2)Nc1ncccc1O. The Morgan fingerprint density at radius 2 is 2.17 bits per heavy atom. The summed E-state index contributed by atoms with van der Waals surface area (Å²) in [5, 5.41) is 12.6. The smallest absolute Gasteiger partial charge is 0.230 e. The van der Waals surface area contributed by atoms with Crippen molar-refractivity contribution >= 4 is 23.3 Å². The van der Waals surface area contributed by atoms with Crippen molar-refractivity contribution in [2.24, 2.45) is 0 Å². The second-order valence-corrected chi connectivity index (χ2v) is 5.46. The highest BCUT2D eigenvalue weighted by Crippen LogP contribution is 2.38. The Hall–Kier alpha value is -2.47. The van der Waals surface area contributed by atoms with Crippen molar-refractivity contribution in [2.75, 3.05) is 18.5 Å². The van der Waals surface area contributed by atoms with Gasteiger partial charge in [-0.1, -0.05) is 11.6 Å². The van der Waals surface area contributed by atoms with Gasteiger partial charge in [-0.25, -0.2) is 4.98 Å². The predicted molar refractivity (Wildman–Crippen MR) is 85.3 cm³/mol. The highest BCUT2D eigenvalue weighted by molar-refractivity contribution is 6.32. The maximum atomic E-state index is 12.1. The molecule has 2 N–H and O–H groups in total. The average Bonchev–Trinajstić information content (AvgIpc) is 2.75. The van der Waals surface area contributed by atoms with Crippen LogP contribution in [0.2, 0.25) is 5.02 Å². The molecule has 0 fully saturated rings. The molecule has 23 heavy (non-hydrogen) atoms. The molecule has 3 rings (SSSR count). The minimum atomic E-state index is -0.315. The standard InChI is InChI=1S/C16H15ClN2O4/c17-11-7-10(8-13-15(11)23-6-2-5-22-13)9-14(21)19-16-12(20)3-1-4-18-16/h1,3-4,7-8,20H,2,5-6,9H2,(H,18,19,21). The Labute approximate surface area is 138 Å². The third-order valence-electron chi connectivity index (χ3n) is 3.27. The van der Waals surface area contributed by atoms with E-state index in [9.17, 15) is 9.90 Å². The Morgan fingerprint density at radius 1 is 1.35 bits per heavy atom. The molecular formula is C16H15ClN2O4. The lowest BCUT2D eigenvalue weighted by atomic mass is 10.1. The lowest BCUT2D eigenvalue weighted by Gasteiger charge is -2.11. The number of nitrogens with one attached hydrogen (secondary N) is 1. The molecule has 7 heteroatoms. The van der Waals surface area contributed by atoms with E-state index in [0.717, 1.165) is 6.42 Å². The van der Waals surface area contributed by atoms with E-state index in [1.807, 2.05) is 0 Å². The van der Waals surface area contributed by atoms with E-state index in [4.69, 9.17) is 21.1 Å². The molecule has 0 saturated carbocycles. The summed E-state index contributed by atoms with van der Waals surface area (Å²) in [5.74, 6) is 0.772. The number of halogens is 1. The first-order valence-electron chi connectivity index (χ1n) is 7.15. The fourth-order valence-electron chi connectivity index (χ4n) is 2.24. The van der Waals surface area contributed by atoms with Gasteiger partial charge in [-0.15, -0.1) is 0 Å². The summed E-state index contributed by atoms with van der Waals surface area (Å²) >= 11 is 6.20. The summed E-state index contributed by atoms with van der Waals surface area (Å²) in [6.45, 7) is 1.09. The maximum Gasteiger partial charge on any atom is 0.230 e. The van der Waals surface area contributed by atoms with Crippen LogP contribution in [-0.4, -0.2) is 29.2 Å². The zero-order valence-corrected chi connectivity index (χ0v) is 13.0. The molecule has 0 unspecified atom stereocenters. The van der Waals surface area contributed by atoms with Crippen molar-refractivity contribution in [3.8, 4) is 17.2 Å². The molecule has 1 aromatic carbocycles. The van der Waals surface area contributed by atoms with Gasteiger partial charge in [0.15, 0.2) is 23.1 Å². The van der Waals surface area contributed by atoms with E-state index in [1.165, 1.54) is 12.3 Å². The second kappa shape index (κ2) is 6.75. The quantitative estimate of drug-likeness (QED) is 0.902. The Kier molecular flexibility index (Phi) is 4.52. The van der Waals surface area contributed by atoms with Crippen LogP contribution in [-0.2, 0) is 11.2 Å². The van der Waals surface area contributed by atoms with E-state index in [1.54, 1.807) is 18.2 Å². The lowest BCUT2D eigenvalue weighted by molar-refractivity contribution is -0.115. The fourth-order valence-corrected chi connectivity index (χ4v) is 2.53. The monoisotopic (exact) mass is 334 g/mol. The van der Waals surface area contributed by atoms with Gasteiger partial charge in [0.1, 0.15) is 0 Å². The molecule has 2 aromatic rings. The van der Waals surface area contributed by atoms with Gasteiger partial charge in [-0.2, -0.15) is 0 Å². The number of rotatable bonds is 3. The molecule has 1 amide bonds. The number of aromatic nitrogens is 1. The topological polar surface area (TPSA) is 80.7 Å². The van der Waals surface area contributed by atoms with Gasteiger partial charge < -0.3 is 19.9 Å². The van der Waals surface area contributed by atoms with Crippen LogP contribution >= 0.6 is 11.6 Å². The predicted octanol–water partition coefficient (Wildman–Crippen LogP) is 2.78. The van der Waals surface area contributed by atoms with Crippen molar-refractivity contribution in [2.45, 2.75) is 12.8 Å². The Bertz CT molecular complexity index is 736. The average molecular weight is 335 g/mol. The highest BCUT2D eigenvalue weighted by atomic mass is 35.5. The van der Waals surface area contributed by atoms with E-state index < -0.39 is 0 Å². The first-order chi connectivity index (χ1) is 11.1. The summed E-state index contributed by atoms with van der Waals surface area (Å²) in [5.41, 5.74) is 0.687. The van der Waals surface area contributed by atoms with Crippen molar-refractivity contribution in [3.63, 3.8) is 0 Å². The van der Waals surface area contributed by atoms with Crippen LogP contribution in [0.15, 0.2) is 30.5 Å². The van der Waals surface area contributed by atoms with Crippen LogP contribution < -0.4 is 14.8 Å². The van der Waals surface area contributed by atoms with Crippen LogP contribution in [0.4, 0.5) is 5.82 Å². The Balaban J connectivity index is 1.75. The summed E-state index contributed by atoms with van der Waals surface area (Å²) in [7, 11) is 0. The molecule has 0 bridgehead atoms. The third kappa shape index (κ3) is 3.65. The molecular weight excluding hydrogens is 320 g/mol. The van der Waals surface area contributed by atoms with Gasteiger partial charge in [0.25, 0.3) is 0 Å². The van der Waals surface area contributed by atoms with Crippen LogP contribution in [0.1, 0.15) is 12.0 Å². The number of hydrogen-bond acceptors (Lipinski definition) is 5. The molecule has 1 aliphatic rings. The third-order valence-corrected chi connectivity index (χ3v) is 3.55. The van der Waals surface area contributed by atoms with Crippen molar-refractivity contribution in [3.05, 3.63) is 41.0 Å². The number of carbonyl (C=O) groups is 1. The maximum absolute atomic E-state index is 12.1. The molecule has 0 spiro atoms. The summed E-state index contributed by atoms with van der Waals surface area (Å²) in [6, 6.07) is 6.44. The number of hydrogen-bond donors (Lipinski definition) is 2. The Morgan fingerprint density at radius 3 is 3.00 bits per heavy atom. The molecule has 1 aromatic heterocycles. The number of pyridine rings is 1. The number of ether oxygens (including phenoxy) is 2. The molecule has 0 aliphatic carbocycles. The molecule has 6 nitrogen and oxygen atoms in total. The van der Waals surface area contributed by atoms with Crippen LogP contribution in [0.3, 0.4) is 0 Å². The number of nitrogens with zero attached hydrogens (tertiary/aromatic N) is 1. The number of carbonyl (C=O) groups excluding carboxylic acids is 1. The van der Waals surface area contributed by atoms with Crippen molar-refractivity contribution in [1.82, 2.24) is 4.98 Å². The molecule has 0 radical (unpaired) electrons. The number of anilines is 1. The van der Waals surface area contributed by atoms with Crippen LogP contribution in [0.25, 0.3) is 0 Å². The van der Waals surface area contributed by atoms with Gasteiger partial charge in [0, 0.05) is 12.6 Å². The van der Waals surface area contributed by atoms with Crippen molar-refractivity contribution in [1.29, 1.82) is 0 Å². The molecule has 0 saturated heterocycles. The zero-order chi connectivity index (χ0) is 16.2. The largest absolute Gasteiger partial charge is 0.504 e. The van der Waals surface area contributed by atoms with E-state index in [2.05, 4.69) is 10.3 Å². The summed E-state index contributed by atoms with van der Waals surface area (Å²) in [6.07, 6.45) is 2.34. The minimum Gasteiger partial charge on any atom is -0.504 e. The van der Waals surface area contributed by atoms with Crippen molar-refractivity contribution < 1.29 is 19.4 Å². The van der Waals surface area contributed by atoms with Gasteiger partial charge in [0.05, 0.1) is 24.7 Å². The van der Waals surface area contributed by atoms with E-state index in [-0.39, 0.29) is 23.9 Å². The lowest BCUT2D eigenvalue weighted by Crippen LogP contribution is -2.15. The number of fused-ring (bicyclic) bond motifs is 1. The first-order valence-corrected chi connectivity index (χ1v) is 7.53. The number of aromatic hydroxyl groups is 1. The molecule has 120 valence electrons. The second-order valence-electron chi connectivity index (χ2n) is 5.05. The normalized spacial score (nSPS) is 13.3. The summed E-state index contributed by atoms with van der Waals surface area (Å²) in [4.78, 5) is 16.0. The fraction of sp³-hybridized carbons (Fsp3) is 0.250. The molecule has 1 aliphatic heterocycles. The van der Waals surface area contributed by atoms with Gasteiger partial charge in [-0.3, -0.25) is 4.79 Å². The van der Waals surface area contributed by atoms with E-state index >= 15 is 0 Å². The van der Waals surface area contributed by atoms with Crippen LogP contribution in [0.5, 0.6) is 17.2 Å². The molecule has 2 heterocycles. The highest BCUT2D eigenvalue weighted by Gasteiger charge is 2.17. The number of benzene rings is 1. The van der Waals surface area contributed by atoms with Gasteiger partial charge in [-0.05, 0) is 29.8 Å². The van der Waals surface area contributed by atoms with Gasteiger partial charge in [0.2, 0.25) is 5.91 Å². The summed E-state index contributed by atoms with van der Waals surface area (Å²) < 4.78 is 11.1. The minimum absolute atomic E-state index is 0.0758. The van der Waals surface area contributed by atoms with E-state index in [0.29, 0.717) is 35.3 Å². The zero-order valence-electron chi connectivity index (χ0n) is 12.2. The van der Waals surface area contributed by atoms with Crippen LogP contribution in [0, 0.1) is 0 Å². The first kappa shape index (κ1) is 15.4. The number of amides is 1.